The van der Waals surface area contributed by atoms with Crippen molar-refractivity contribution in [1.82, 2.24) is 0 Å². The van der Waals surface area contributed by atoms with Crippen LogP contribution in [0.5, 0.6) is 5.75 Å². The predicted octanol–water partition coefficient (Wildman–Crippen LogP) is 3.37. The van der Waals surface area contributed by atoms with E-state index in [2.05, 4.69) is 0 Å². The molecule has 1 N–H and O–H groups in total. The molecule has 0 aliphatic carbocycles. The fourth-order valence-electron chi connectivity index (χ4n) is 1.80. The number of nitro benzene ring substituents is 1. The summed E-state index contributed by atoms with van der Waals surface area (Å²) in [6.07, 6.45) is -0.553. The van der Waals surface area contributed by atoms with Gasteiger partial charge >= 0.3 is 5.69 Å². The molecule has 2 rings (SSSR count). The Hall–Kier alpha value is -2.47. The maximum atomic E-state index is 13.4. The van der Waals surface area contributed by atoms with E-state index in [0.717, 1.165) is 17.7 Å². The average molecular weight is 291 g/mol. The van der Waals surface area contributed by atoms with E-state index in [0.29, 0.717) is 11.3 Å². The zero-order chi connectivity index (χ0) is 15.4. The van der Waals surface area contributed by atoms with Crippen LogP contribution >= 0.6 is 0 Å². The molecule has 0 fully saturated rings. The third-order valence-corrected chi connectivity index (χ3v) is 2.98. The molecular weight excluding hydrogens is 277 g/mol. The first-order valence-corrected chi connectivity index (χ1v) is 6.31. The fourth-order valence-corrected chi connectivity index (χ4v) is 1.80. The van der Waals surface area contributed by atoms with Crippen LogP contribution in [0.1, 0.15) is 24.2 Å². The largest absolute Gasteiger partial charge is 0.489 e. The van der Waals surface area contributed by atoms with Gasteiger partial charge < -0.3 is 9.84 Å². The molecule has 0 aromatic heterocycles. The van der Waals surface area contributed by atoms with Gasteiger partial charge in [0.25, 0.3) is 0 Å². The van der Waals surface area contributed by atoms with E-state index >= 15 is 0 Å². The summed E-state index contributed by atoms with van der Waals surface area (Å²) in [6, 6.07) is 10.5. The van der Waals surface area contributed by atoms with Crippen molar-refractivity contribution < 1.29 is 19.2 Å². The minimum absolute atomic E-state index is 0.100. The maximum Gasteiger partial charge on any atom is 0.304 e. The Kier molecular flexibility index (Phi) is 4.49. The molecule has 5 nitrogen and oxygen atoms in total. The molecular formula is C15H14FNO4. The van der Waals surface area contributed by atoms with Crippen molar-refractivity contribution in [3.05, 3.63) is 69.5 Å². The van der Waals surface area contributed by atoms with Gasteiger partial charge in [0.2, 0.25) is 5.82 Å². The molecule has 0 aliphatic rings. The topological polar surface area (TPSA) is 72.6 Å². The lowest BCUT2D eigenvalue weighted by molar-refractivity contribution is -0.387. The first-order chi connectivity index (χ1) is 9.97. The van der Waals surface area contributed by atoms with Crippen LogP contribution in [0.25, 0.3) is 0 Å². The smallest absolute Gasteiger partial charge is 0.304 e. The molecule has 0 radical (unpaired) electrons. The van der Waals surface area contributed by atoms with E-state index in [-0.39, 0.29) is 6.61 Å². The molecule has 0 saturated carbocycles. The molecule has 110 valence electrons. The van der Waals surface area contributed by atoms with Gasteiger partial charge in [0.05, 0.1) is 11.0 Å². The summed E-state index contributed by atoms with van der Waals surface area (Å²) in [7, 11) is 0. The van der Waals surface area contributed by atoms with Crippen molar-refractivity contribution in [2.24, 2.45) is 0 Å². The van der Waals surface area contributed by atoms with E-state index in [1.807, 2.05) is 0 Å². The van der Waals surface area contributed by atoms with Gasteiger partial charge in [-0.1, -0.05) is 12.1 Å². The predicted molar refractivity (Wildman–Crippen MR) is 74.5 cm³/mol. The lowest BCUT2D eigenvalue weighted by atomic mass is 10.1. The number of hydrogen-bond acceptors (Lipinski definition) is 4. The Labute approximate surface area is 120 Å². The third kappa shape index (κ3) is 3.76. The second kappa shape index (κ2) is 6.32. The summed E-state index contributed by atoms with van der Waals surface area (Å²) < 4.78 is 18.9. The number of halogens is 1. The molecule has 21 heavy (non-hydrogen) atoms. The molecule has 0 bridgehead atoms. The summed E-state index contributed by atoms with van der Waals surface area (Å²) in [6.45, 7) is 1.76. The fraction of sp³-hybridized carbons (Fsp3) is 0.200. The van der Waals surface area contributed by atoms with Crippen molar-refractivity contribution in [3.63, 3.8) is 0 Å². The summed E-state index contributed by atoms with van der Waals surface area (Å²) in [5.74, 6) is -0.316. The SMILES string of the molecule is C[C@H](O)c1ccc(OCc2ccc([N+](=O)[O-])c(F)c2)cc1. The number of nitro groups is 1. The minimum Gasteiger partial charge on any atom is -0.489 e. The Morgan fingerprint density at radius 2 is 1.95 bits per heavy atom. The highest BCUT2D eigenvalue weighted by Crippen LogP contribution is 2.21. The number of nitrogens with zero attached hydrogens (tertiary/aromatic N) is 1. The van der Waals surface area contributed by atoms with E-state index in [1.54, 1.807) is 31.2 Å². The number of aliphatic hydroxyl groups excluding tert-OH is 1. The van der Waals surface area contributed by atoms with Crippen LogP contribution < -0.4 is 4.74 Å². The van der Waals surface area contributed by atoms with E-state index in [4.69, 9.17) is 4.74 Å². The normalized spacial score (nSPS) is 12.0. The van der Waals surface area contributed by atoms with Crippen molar-refractivity contribution in [2.75, 3.05) is 0 Å². The minimum atomic E-state index is -0.884. The van der Waals surface area contributed by atoms with Crippen LogP contribution in [0.15, 0.2) is 42.5 Å². The number of rotatable bonds is 5. The second-order valence-electron chi connectivity index (χ2n) is 4.58. The standard InChI is InChI=1S/C15H14FNO4/c1-10(18)12-3-5-13(6-4-12)21-9-11-2-7-15(17(19)20)14(16)8-11/h2-8,10,18H,9H2,1H3/t10-/m0/s1. The Morgan fingerprint density at radius 1 is 1.29 bits per heavy atom. The van der Waals surface area contributed by atoms with Crippen LogP contribution in [-0.4, -0.2) is 10.0 Å². The van der Waals surface area contributed by atoms with Gasteiger partial charge in [-0.25, -0.2) is 0 Å². The molecule has 0 spiro atoms. The van der Waals surface area contributed by atoms with Crippen molar-refractivity contribution in [1.29, 1.82) is 0 Å². The zero-order valence-corrected chi connectivity index (χ0v) is 11.3. The van der Waals surface area contributed by atoms with Gasteiger partial charge in [-0.2, -0.15) is 4.39 Å². The highest BCUT2D eigenvalue weighted by molar-refractivity contribution is 5.35. The lowest BCUT2D eigenvalue weighted by Crippen LogP contribution is -1.99. The van der Waals surface area contributed by atoms with Crippen molar-refractivity contribution in [3.8, 4) is 5.75 Å². The quantitative estimate of drug-likeness (QED) is 0.677. The molecule has 0 aliphatic heterocycles. The van der Waals surface area contributed by atoms with Crippen LogP contribution in [0, 0.1) is 15.9 Å². The molecule has 0 unspecified atom stereocenters. The van der Waals surface area contributed by atoms with Crippen LogP contribution in [-0.2, 0) is 6.61 Å². The maximum absolute atomic E-state index is 13.4. The van der Waals surface area contributed by atoms with Gasteiger partial charge in [0.1, 0.15) is 12.4 Å². The van der Waals surface area contributed by atoms with Crippen molar-refractivity contribution >= 4 is 5.69 Å². The Bertz CT molecular complexity index is 641. The first-order valence-electron chi connectivity index (χ1n) is 6.31. The third-order valence-electron chi connectivity index (χ3n) is 2.98. The zero-order valence-electron chi connectivity index (χ0n) is 11.3. The second-order valence-corrected chi connectivity index (χ2v) is 4.58. The number of benzene rings is 2. The lowest BCUT2D eigenvalue weighted by Gasteiger charge is -2.08. The van der Waals surface area contributed by atoms with Crippen LogP contribution in [0.4, 0.5) is 10.1 Å². The molecule has 2 aromatic carbocycles. The number of aliphatic hydroxyl groups is 1. The van der Waals surface area contributed by atoms with E-state index in [1.165, 1.54) is 6.07 Å². The Balaban J connectivity index is 2.03. The van der Waals surface area contributed by atoms with E-state index < -0.39 is 22.5 Å². The summed E-state index contributed by atoms with van der Waals surface area (Å²) in [5.41, 5.74) is 0.710. The molecule has 6 heteroatoms. The van der Waals surface area contributed by atoms with Crippen LogP contribution in [0.2, 0.25) is 0 Å². The molecule has 0 amide bonds. The summed E-state index contributed by atoms with van der Waals surface area (Å²) in [5, 5.41) is 19.9. The van der Waals surface area contributed by atoms with Crippen molar-refractivity contribution in [2.45, 2.75) is 19.6 Å². The van der Waals surface area contributed by atoms with Gasteiger partial charge in [-0.15, -0.1) is 0 Å². The van der Waals surface area contributed by atoms with Gasteiger partial charge in [0, 0.05) is 6.07 Å². The number of hydrogen-bond donors (Lipinski definition) is 1. The Morgan fingerprint density at radius 3 is 2.48 bits per heavy atom. The highest BCUT2D eigenvalue weighted by Gasteiger charge is 2.13. The van der Waals surface area contributed by atoms with Gasteiger partial charge in [-0.05, 0) is 42.3 Å². The summed E-state index contributed by atoms with van der Waals surface area (Å²) >= 11 is 0. The van der Waals surface area contributed by atoms with Gasteiger partial charge in [0.15, 0.2) is 0 Å². The number of ether oxygens (including phenoxy) is 1. The summed E-state index contributed by atoms with van der Waals surface area (Å²) in [4.78, 5) is 9.74. The molecule has 0 heterocycles. The molecule has 2 aromatic rings. The first kappa shape index (κ1) is 14.9. The molecule has 0 saturated heterocycles. The molecule has 1 atom stereocenters. The monoisotopic (exact) mass is 291 g/mol. The van der Waals surface area contributed by atoms with Gasteiger partial charge in [-0.3, -0.25) is 10.1 Å². The van der Waals surface area contributed by atoms with E-state index in [9.17, 15) is 19.6 Å². The highest BCUT2D eigenvalue weighted by atomic mass is 19.1. The average Bonchev–Trinajstić information content (AvgIpc) is 2.45. The van der Waals surface area contributed by atoms with Crippen LogP contribution in [0.3, 0.4) is 0 Å².